The van der Waals surface area contributed by atoms with E-state index in [-0.39, 0.29) is 35.0 Å². The predicted molar refractivity (Wildman–Crippen MR) is 89.4 cm³/mol. The van der Waals surface area contributed by atoms with Crippen LogP contribution in [0.2, 0.25) is 0 Å². The minimum absolute atomic E-state index is 0. The number of carbonyl (C=O) groups excluding carboxylic acids is 1. The lowest BCUT2D eigenvalue weighted by Gasteiger charge is -2.28. The molecule has 7 heteroatoms. The van der Waals surface area contributed by atoms with Gasteiger partial charge >= 0.3 is 0 Å². The van der Waals surface area contributed by atoms with Gasteiger partial charge in [0.15, 0.2) is 5.69 Å². The van der Waals surface area contributed by atoms with Gasteiger partial charge in [0.1, 0.15) is 0 Å². The van der Waals surface area contributed by atoms with Crippen LogP contribution in [0.25, 0.3) is 10.8 Å². The molecule has 1 heterocycles. The van der Waals surface area contributed by atoms with E-state index in [2.05, 4.69) is 10.2 Å². The molecule has 2 aromatic rings. The number of aromatic nitrogens is 2. The van der Waals surface area contributed by atoms with Crippen LogP contribution in [0.3, 0.4) is 0 Å². The number of halogens is 1. The Kier molecular flexibility index (Phi) is 5.68. The van der Waals surface area contributed by atoms with E-state index in [4.69, 9.17) is 5.73 Å². The minimum atomic E-state index is -0.299. The van der Waals surface area contributed by atoms with Gasteiger partial charge in [0.05, 0.1) is 5.39 Å². The molecule has 0 bridgehead atoms. The Labute approximate surface area is 135 Å². The summed E-state index contributed by atoms with van der Waals surface area (Å²) in [5, 5.41) is 7.32. The van der Waals surface area contributed by atoms with Gasteiger partial charge in [-0.25, -0.2) is 5.10 Å². The van der Waals surface area contributed by atoms with Crippen molar-refractivity contribution in [2.45, 2.75) is 13.8 Å². The van der Waals surface area contributed by atoms with E-state index in [1.165, 1.54) is 0 Å². The van der Waals surface area contributed by atoms with E-state index >= 15 is 0 Å². The summed E-state index contributed by atoms with van der Waals surface area (Å²) in [6.07, 6.45) is 0. The molecule has 2 rings (SSSR count). The van der Waals surface area contributed by atoms with Crippen molar-refractivity contribution >= 4 is 29.1 Å². The van der Waals surface area contributed by atoms with Gasteiger partial charge in [0.25, 0.3) is 11.5 Å². The largest absolute Gasteiger partial charge is 0.340 e. The smallest absolute Gasteiger partial charge is 0.274 e. The van der Waals surface area contributed by atoms with E-state index in [1.807, 2.05) is 13.8 Å². The first-order chi connectivity index (χ1) is 9.85. The molecule has 0 atom stereocenters. The average molecular weight is 325 g/mol. The van der Waals surface area contributed by atoms with Crippen LogP contribution in [-0.2, 0) is 0 Å². The summed E-state index contributed by atoms with van der Waals surface area (Å²) in [6.45, 7) is 4.98. The lowest BCUT2D eigenvalue weighted by atomic mass is 9.93. The molecule has 3 N–H and O–H groups in total. The molecule has 1 aromatic carbocycles. The van der Waals surface area contributed by atoms with Gasteiger partial charge in [0, 0.05) is 19.0 Å². The van der Waals surface area contributed by atoms with Crippen LogP contribution in [-0.4, -0.2) is 41.1 Å². The Hall–Kier alpha value is -1.92. The van der Waals surface area contributed by atoms with E-state index in [9.17, 15) is 9.59 Å². The summed E-state index contributed by atoms with van der Waals surface area (Å²) in [6, 6.07) is 6.94. The lowest BCUT2D eigenvalue weighted by Crippen LogP contribution is -2.40. The highest BCUT2D eigenvalue weighted by molar-refractivity contribution is 6.04. The predicted octanol–water partition coefficient (Wildman–Crippen LogP) is 1.40. The number of hydrogen-bond donors (Lipinski definition) is 2. The quantitative estimate of drug-likeness (QED) is 0.889. The number of aromatic amines is 1. The van der Waals surface area contributed by atoms with Gasteiger partial charge < -0.3 is 10.6 Å². The topological polar surface area (TPSA) is 92.1 Å². The van der Waals surface area contributed by atoms with Crippen molar-refractivity contribution < 1.29 is 4.79 Å². The van der Waals surface area contributed by atoms with Crippen molar-refractivity contribution in [1.82, 2.24) is 15.1 Å². The molecule has 0 radical (unpaired) electrons. The molecular formula is C15H21ClN4O2. The van der Waals surface area contributed by atoms with Crippen molar-refractivity contribution in [2.24, 2.45) is 11.1 Å². The Bertz CT molecular complexity index is 727. The van der Waals surface area contributed by atoms with Crippen molar-refractivity contribution in [1.29, 1.82) is 0 Å². The molecule has 1 aromatic heterocycles. The molecule has 6 nitrogen and oxygen atoms in total. The maximum atomic E-state index is 12.6. The Morgan fingerprint density at radius 2 is 1.91 bits per heavy atom. The first kappa shape index (κ1) is 18.1. The summed E-state index contributed by atoms with van der Waals surface area (Å²) in [7, 11) is 1.71. The molecule has 0 saturated heterocycles. The van der Waals surface area contributed by atoms with Gasteiger partial charge in [0.2, 0.25) is 0 Å². The number of nitrogens with two attached hydrogens (primary N) is 1. The van der Waals surface area contributed by atoms with Crippen LogP contribution >= 0.6 is 12.4 Å². The Balaban J connectivity index is 0.00000242. The van der Waals surface area contributed by atoms with Crippen LogP contribution < -0.4 is 11.3 Å². The number of hydrogen-bond acceptors (Lipinski definition) is 4. The Morgan fingerprint density at radius 3 is 2.50 bits per heavy atom. The van der Waals surface area contributed by atoms with Crippen molar-refractivity contribution in [2.75, 3.05) is 20.1 Å². The molecule has 0 aliphatic rings. The summed E-state index contributed by atoms with van der Waals surface area (Å²) in [5.41, 5.74) is 5.48. The number of benzene rings is 1. The minimum Gasteiger partial charge on any atom is -0.340 e. The molecule has 22 heavy (non-hydrogen) atoms. The molecule has 0 spiro atoms. The van der Waals surface area contributed by atoms with Gasteiger partial charge in [-0.2, -0.15) is 5.10 Å². The zero-order valence-electron chi connectivity index (χ0n) is 12.9. The second-order valence-corrected chi connectivity index (χ2v) is 5.98. The summed E-state index contributed by atoms with van der Waals surface area (Å²) >= 11 is 0. The summed E-state index contributed by atoms with van der Waals surface area (Å²) < 4.78 is 0. The molecule has 0 aliphatic heterocycles. The first-order valence-electron chi connectivity index (χ1n) is 6.79. The third-order valence-corrected chi connectivity index (χ3v) is 3.46. The molecule has 0 unspecified atom stereocenters. The number of rotatable bonds is 4. The van der Waals surface area contributed by atoms with Crippen LogP contribution in [0, 0.1) is 5.41 Å². The molecule has 120 valence electrons. The number of nitrogens with zero attached hydrogens (tertiary/aromatic N) is 2. The molecule has 0 aliphatic carbocycles. The Morgan fingerprint density at radius 1 is 1.32 bits per heavy atom. The zero-order valence-corrected chi connectivity index (χ0v) is 13.7. The van der Waals surface area contributed by atoms with E-state index in [1.54, 1.807) is 36.2 Å². The van der Waals surface area contributed by atoms with Crippen molar-refractivity contribution in [3.8, 4) is 0 Å². The molecule has 0 saturated carbocycles. The lowest BCUT2D eigenvalue weighted by molar-refractivity contribution is 0.0735. The summed E-state index contributed by atoms with van der Waals surface area (Å²) in [5.74, 6) is -0.232. The zero-order chi connectivity index (χ0) is 15.6. The third-order valence-electron chi connectivity index (χ3n) is 3.46. The molecular weight excluding hydrogens is 304 g/mol. The first-order valence-corrected chi connectivity index (χ1v) is 6.79. The van der Waals surface area contributed by atoms with Crippen molar-refractivity contribution in [3.63, 3.8) is 0 Å². The van der Waals surface area contributed by atoms with Crippen LogP contribution in [0.5, 0.6) is 0 Å². The van der Waals surface area contributed by atoms with Gasteiger partial charge in [-0.05, 0) is 18.0 Å². The van der Waals surface area contributed by atoms with Crippen LogP contribution in [0.15, 0.2) is 29.1 Å². The number of H-pyrrole nitrogens is 1. The highest BCUT2D eigenvalue weighted by atomic mass is 35.5. The normalized spacial score (nSPS) is 11.1. The third kappa shape index (κ3) is 3.64. The maximum Gasteiger partial charge on any atom is 0.274 e. The standard InChI is InChI=1S/C15H20N4O2.ClH/c1-15(2,8-16)9-19(3)14(21)12-10-6-4-5-7-11(10)13(20)18-17-12;/h4-7H,8-9,16H2,1-3H3,(H,18,20);1H. The number of carbonyl (C=O) groups is 1. The van der Waals surface area contributed by atoms with Crippen LogP contribution in [0.1, 0.15) is 24.3 Å². The monoisotopic (exact) mass is 324 g/mol. The highest BCUT2D eigenvalue weighted by Gasteiger charge is 2.24. The molecule has 1 amide bonds. The summed E-state index contributed by atoms with van der Waals surface area (Å²) in [4.78, 5) is 25.9. The van der Waals surface area contributed by atoms with Crippen LogP contribution in [0.4, 0.5) is 0 Å². The molecule has 0 fully saturated rings. The fourth-order valence-corrected chi connectivity index (χ4v) is 2.24. The maximum absolute atomic E-state index is 12.6. The number of amides is 1. The number of fused-ring (bicyclic) bond motifs is 1. The highest BCUT2D eigenvalue weighted by Crippen LogP contribution is 2.18. The van der Waals surface area contributed by atoms with Gasteiger partial charge in [-0.1, -0.05) is 32.0 Å². The second-order valence-electron chi connectivity index (χ2n) is 5.98. The second kappa shape index (κ2) is 6.89. The fraction of sp³-hybridized carbons (Fsp3) is 0.400. The van der Waals surface area contributed by atoms with E-state index in [0.717, 1.165) is 0 Å². The SMILES string of the molecule is CN(CC(C)(C)CN)C(=O)c1n[nH]c(=O)c2ccccc12.Cl. The van der Waals surface area contributed by atoms with E-state index < -0.39 is 0 Å². The number of nitrogens with one attached hydrogen (secondary N) is 1. The van der Waals surface area contributed by atoms with Crippen molar-refractivity contribution in [3.05, 3.63) is 40.3 Å². The average Bonchev–Trinajstić information content (AvgIpc) is 2.47. The van der Waals surface area contributed by atoms with Gasteiger partial charge in [-0.3, -0.25) is 9.59 Å². The fourth-order valence-electron chi connectivity index (χ4n) is 2.24. The van der Waals surface area contributed by atoms with Gasteiger partial charge in [-0.15, -0.1) is 12.4 Å². The van der Waals surface area contributed by atoms with E-state index in [0.29, 0.717) is 23.9 Å².